The van der Waals surface area contributed by atoms with E-state index >= 15 is 0 Å². The molecule has 0 aliphatic carbocycles. The summed E-state index contributed by atoms with van der Waals surface area (Å²) < 4.78 is 7.26. The maximum atomic E-state index is 12.3. The maximum absolute atomic E-state index is 12.3. The van der Waals surface area contributed by atoms with E-state index in [4.69, 9.17) is 4.42 Å². The Morgan fingerprint density at radius 3 is 2.65 bits per heavy atom. The average molecular weight is 422 g/mol. The number of nitrogens with one attached hydrogen (secondary N) is 2. The predicted molar refractivity (Wildman–Crippen MR) is 114 cm³/mol. The molecule has 4 rings (SSSR count). The molecule has 0 bridgehead atoms. The molecule has 9 heteroatoms. The Bertz CT molecular complexity index is 1040. The van der Waals surface area contributed by atoms with Crippen LogP contribution in [0.5, 0.6) is 0 Å². The lowest BCUT2D eigenvalue weighted by Crippen LogP contribution is -2.30. The van der Waals surface area contributed by atoms with Gasteiger partial charge in [-0.1, -0.05) is 12.1 Å². The van der Waals surface area contributed by atoms with Gasteiger partial charge in [-0.05, 0) is 36.8 Å². The molecule has 1 aliphatic heterocycles. The van der Waals surface area contributed by atoms with Crippen molar-refractivity contribution < 1.29 is 14.0 Å². The number of carbonyl (C=O) groups excluding carboxylic acids is 2. The molecule has 0 saturated carbocycles. The Labute approximate surface area is 180 Å². The average Bonchev–Trinajstić information content (AvgIpc) is 3.37. The van der Waals surface area contributed by atoms with Gasteiger partial charge in [-0.2, -0.15) is 0 Å². The van der Waals surface area contributed by atoms with Crippen LogP contribution in [0.2, 0.25) is 0 Å². The molecule has 3 heterocycles. The van der Waals surface area contributed by atoms with E-state index in [-0.39, 0.29) is 23.6 Å². The molecule has 1 aliphatic rings. The molecule has 2 amide bonds. The molecule has 0 spiro atoms. The topological polar surface area (TPSA) is 105 Å². The van der Waals surface area contributed by atoms with Crippen LogP contribution in [-0.4, -0.2) is 44.6 Å². The standard InChI is InChI=1S/C22H26N6O3/c1-15(23-22(30)19-4-3-13-31-19)21-26-25-20-9-10-27(11-12-28(20)21)14-17-5-7-18(8-6-17)24-16(2)29/h3-8,13,15H,9-12,14H2,1-2H3,(H,23,30)(H,24,29). The molecule has 0 radical (unpaired) electrons. The zero-order valence-corrected chi connectivity index (χ0v) is 17.7. The Kier molecular flexibility index (Phi) is 6.13. The summed E-state index contributed by atoms with van der Waals surface area (Å²) in [7, 11) is 0. The number of hydrogen-bond acceptors (Lipinski definition) is 6. The Morgan fingerprint density at radius 2 is 1.94 bits per heavy atom. The summed E-state index contributed by atoms with van der Waals surface area (Å²) in [6.45, 7) is 6.70. The van der Waals surface area contributed by atoms with Crippen molar-refractivity contribution in [3.05, 3.63) is 65.6 Å². The van der Waals surface area contributed by atoms with E-state index in [2.05, 4.69) is 30.3 Å². The first-order chi connectivity index (χ1) is 15.0. The molecule has 2 N–H and O–H groups in total. The molecule has 0 fully saturated rings. The largest absolute Gasteiger partial charge is 0.459 e. The maximum Gasteiger partial charge on any atom is 0.287 e. The Hall–Kier alpha value is -3.46. The zero-order valence-electron chi connectivity index (χ0n) is 17.7. The van der Waals surface area contributed by atoms with Crippen LogP contribution in [0.25, 0.3) is 0 Å². The molecular weight excluding hydrogens is 396 g/mol. The minimum Gasteiger partial charge on any atom is -0.459 e. The number of nitrogens with zero attached hydrogens (tertiary/aromatic N) is 4. The molecular formula is C22H26N6O3. The van der Waals surface area contributed by atoms with Crippen molar-refractivity contribution >= 4 is 17.5 Å². The summed E-state index contributed by atoms with van der Waals surface area (Å²) in [4.78, 5) is 25.8. The Morgan fingerprint density at radius 1 is 1.13 bits per heavy atom. The molecule has 0 saturated heterocycles. The van der Waals surface area contributed by atoms with Crippen LogP contribution in [0.1, 0.15) is 47.7 Å². The van der Waals surface area contributed by atoms with Crippen molar-refractivity contribution in [2.75, 3.05) is 18.4 Å². The van der Waals surface area contributed by atoms with E-state index in [1.54, 1.807) is 12.1 Å². The van der Waals surface area contributed by atoms with Crippen LogP contribution in [0.15, 0.2) is 47.1 Å². The van der Waals surface area contributed by atoms with E-state index < -0.39 is 0 Å². The molecule has 1 atom stereocenters. The van der Waals surface area contributed by atoms with Crippen molar-refractivity contribution in [1.82, 2.24) is 25.0 Å². The number of hydrogen-bond donors (Lipinski definition) is 2. The summed E-state index contributed by atoms with van der Waals surface area (Å²) >= 11 is 0. The van der Waals surface area contributed by atoms with Gasteiger partial charge >= 0.3 is 0 Å². The van der Waals surface area contributed by atoms with Gasteiger partial charge in [-0.25, -0.2) is 0 Å². The van der Waals surface area contributed by atoms with Crippen molar-refractivity contribution in [1.29, 1.82) is 0 Å². The molecule has 31 heavy (non-hydrogen) atoms. The van der Waals surface area contributed by atoms with Gasteiger partial charge in [0.25, 0.3) is 5.91 Å². The highest BCUT2D eigenvalue weighted by Gasteiger charge is 2.23. The van der Waals surface area contributed by atoms with Gasteiger partial charge in [-0.15, -0.1) is 10.2 Å². The third-order valence-corrected chi connectivity index (χ3v) is 5.31. The van der Waals surface area contributed by atoms with Crippen LogP contribution in [-0.2, 0) is 24.3 Å². The number of furan rings is 1. The molecule has 1 aromatic carbocycles. The minimum atomic E-state index is -0.285. The number of amides is 2. The molecule has 3 aromatic rings. The van der Waals surface area contributed by atoms with Crippen LogP contribution < -0.4 is 10.6 Å². The van der Waals surface area contributed by atoms with Gasteiger partial charge in [0.05, 0.1) is 12.3 Å². The second-order valence-corrected chi connectivity index (χ2v) is 7.70. The second-order valence-electron chi connectivity index (χ2n) is 7.70. The van der Waals surface area contributed by atoms with Crippen molar-refractivity contribution in [3.8, 4) is 0 Å². The fraction of sp³-hybridized carbons (Fsp3) is 0.364. The first kappa shape index (κ1) is 20.8. The van der Waals surface area contributed by atoms with Crippen LogP contribution >= 0.6 is 0 Å². The van der Waals surface area contributed by atoms with Crippen molar-refractivity contribution in [2.45, 2.75) is 39.4 Å². The highest BCUT2D eigenvalue weighted by Crippen LogP contribution is 2.18. The number of benzene rings is 1. The van der Waals surface area contributed by atoms with Gasteiger partial charge in [-0.3, -0.25) is 14.5 Å². The molecule has 162 valence electrons. The second kappa shape index (κ2) is 9.13. The first-order valence-corrected chi connectivity index (χ1v) is 10.3. The fourth-order valence-electron chi connectivity index (χ4n) is 3.76. The summed E-state index contributed by atoms with van der Waals surface area (Å²) in [6.07, 6.45) is 2.26. The van der Waals surface area contributed by atoms with Crippen LogP contribution in [0, 0.1) is 0 Å². The summed E-state index contributed by atoms with van der Waals surface area (Å²) in [5, 5.41) is 14.4. The van der Waals surface area contributed by atoms with E-state index in [0.717, 1.165) is 49.9 Å². The number of aromatic nitrogens is 3. The van der Waals surface area contributed by atoms with E-state index in [9.17, 15) is 9.59 Å². The quantitative estimate of drug-likeness (QED) is 0.632. The Balaban J connectivity index is 1.37. The summed E-state index contributed by atoms with van der Waals surface area (Å²) in [5.74, 6) is 1.61. The van der Waals surface area contributed by atoms with E-state index in [0.29, 0.717) is 0 Å². The van der Waals surface area contributed by atoms with Gasteiger partial charge in [0.15, 0.2) is 11.6 Å². The smallest absolute Gasteiger partial charge is 0.287 e. The zero-order chi connectivity index (χ0) is 21.8. The predicted octanol–water partition coefficient (Wildman–Crippen LogP) is 2.38. The number of rotatable bonds is 6. The molecule has 1 unspecified atom stereocenters. The minimum absolute atomic E-state index is 0.0753. The molecule has 2 aromatic heterocycles. The van der Waals surface area contributed by atoms with Crippen LogP contribution in [0.3, 0.4) is 0 Å². The number of fused-ring (bicyclic) bond motifs is 1. The molecule has 9 nitrogen and oxygen atoms in total. The van der Waals surface area contributed by atoms with Crippen LogP contribution in [0.4, 0.5) is 5.69 Å². The van der Waals surface area contributed by atoms with E-state index in [1.165, 1.54) is 18.8 Å². The SMILES string of the molecule is CC(=O)Nc1ccc(CN2CCc3nnc(C(C)NC(=O)c4ccco4)n3CC2)cc1. The monoisotopic (exact) mass is 422 g/mol. The lowest BCUT2D eigenvalue weighted by Gasteiger charge is -2.20. The fourth-order valence-corrected chi connectivity index (χ4v) is 3.76. The van der Waals surface area contributed by atoms with Gasteiger partial charge < -0.3 is 19.6 Å². The third kappa shape index (κ3) is 5.00. The van der Waals surface area contributed by atoms with Gasteiger partial charge in [0.1, 0.15) is 5.82 Å². The number of carbonyl (C=O) groups is 2. The normalized spacial score (nSPS) is 15.0. The number of anilines is 1. The van der Waals surface area contributed by atoms with E-state index in [1.807, 2.05) is 31.2 Å². The highest BCUT2D eigenvalue weighted by atomic mass is 16.3. The lowest BCUT2D eigenvalue weighted by atomic mass is 10.2. The third-order valence-electron chi connectivity index (χ3n) is 5.31. The summed E-state index contributed by atoms with van der Waals surface area (Å²) in [5.41, 5.74) is 1.99. The van der Waals surface area contributed by atoms with Crippen molar-refractivity contribution in [3.63, 3.8) is 0 Å². The first-order valence-electron chi connectivity index (χ1n) is 10.3. The van der Waals surface area contributed by atoms with Crippen molar-refractivity contribution in [2.24, 2.45) is 0 Å². The summed E-state index contributed by atoms with van der Waals surface area (Å²) in [6, 6.07) is 10.9. The van der Waals surface area contributed by atoms with Gasteiger partial charge in [0, 0.05) is 45.2 Å². The highest BCUT2D eigenvalue weighted by molar-refractivity contribution is 5.91. The lowest BCUT2D eigenvalue weighted by molar-refractivity contribution is -0.114. The van der Waals surface area contributed by atoms with Gasteiger partial charge in [0.2, 0.25) is 5.91 Å².